The average molecular weight is 483 g/mol. The predicted molar refractivity (Wildman–Crippen MR) is 134 cm³/mol. The molecular weight excluding hydrogens is 459 g/mol. The number of amides is 2. The Morgan fingerprint density at radius 1 is 0.861 bits per heavy atom. The van der Waals surface area contributed by atoms with Crippen LogP contribution in [0.25, 0.3) is 0 Å². The Morgan fingerprint density at radius 3 is 2.08 bits per heavy atom. The lowest BCUT2D eigenvalue weighted by molar-refractivity contribution is 0.0677. The summed E-state index contributed by atoms with van der Waals surface area (Å²) >= 11 is 0. The van der Waals surface area contributed by atoms with Crippen LogP contribution in [0.2, 0.25) is 0 Å². The monoisotopic (exact) mass is 482 g/mol. The summed E-state index contributed by atoms with van der Waals surface area (Å²) in [4.78, 5) is 50.8. The predicted octanol–water partition coefficient (Wildman–Crippen LogP) is 3.75. The fraction of sp³-hybridized carbons (Fsp3) is 0.179. The molecule has 0 aliphatic carbocycles. The Labute approximate surface area is 207 Å². The van der Waals surface area contributed by atoms with Gasteiger partial charge in [0.2, 0.25) is 5.97 Å². The Balaban J connectivity index is 1.56. The normalized spacial score (nSPS) is 18.9. The molecule has 0 saturated carbocycles. The molecule has 2 aliphatic rings. The quantitative estimate of drug-likeness (QED) is 0.379. The number of rotatable bonds is 7. The first-order valence-corrected chi connectivity index (χ1v) is 11.4. The van der Waals surface area contributed by atoms with E-state index in [1.54, 1.807) is 91.8 Å². The van der Waals surface area contributed by atoms with Crippen LogP contribution in [0.5, 0.6) is 0 Å². The first-order chi connectivity index (χ1) is 17.3. The molecule has 2 amide bonds. The smallest absolute Gasteiger partial charge is 0.261 e. The van der Waals surface area contributed by atoms with Crippen LogP contribution >= 0.6 is 0 Å². The highest BCUT2D eigenvalue weighted by Crippen LogP contribution is 2.37. The number of nitrogens with zero attached hydrogens (tertiary/aromatic N) is 4. The van der Waals surface area contributed by atoms with Crippen molar-refractivity contribution in [3.05, 3.63) is 107 Å². The zero-order valence-corrected chi connectivity index (χ0v) is 19.8. The highest BCUT2D eigenvalue weighted by atomic mass is 19.1. The third-order valence-corrected chi connectivity index (χ3v) is 6.20. The molecule has 0 bridgehead atoms. The SMILES string of the molecule is CN(C)CC1(c2ccccc2C(=O)c2ccccc2)N=C(F)C(CN2C(=O)c3ccccc3C2=O)=N1. The molecule has 1 atom stereocenters. The molecule has 0 radical (unpaired) electrons. The largest absolute Gasteiger partial charge is 0.305 e. The molecule has 2 heterocycles. The first kappa shape index (κ1) is 23.4. The van der Waals surface area contributed by atoms with Crippen molar-refractivity contribution < 1.29 is 18.8 Å². The highest BCUT2D eigenvalue weighted by molar-refractivity contribution is 6.42. The molecule has 0 aromatic heterocycles. The van der Waals surface area contributed by atoms with Crippen LogP contribution in [0.1, 0.15) is 42.2 Å². The zero-order valence-electron chi connectivity index (χ0n) is 19.8. The highest BCUT2D eigenvalue weighted by Gasteiger charge is 2.44. The van der Waals surface area contributed by atoms with E-state index in [4.69, 9.17) is 0 Å². The van der Waals surface area contributed by atoms with Gasteiger partial charge in [0.1, 0.15) is 5.71 Å². The molecule has 8 heteroatoms. The van der Waals surface area contributed by atoms with Crippen LogP contribution in [-0.2, 0) is 5.66 Å². The number of hydrogen-bond donors (Lipinski definition) is 0. The Morgan fingerprint density at radius 2 is 1.44 bits per heavy atom. The summed E-state index contributed by atoms with van der Waals surface area (Å²) in [5.41, 5.74) is 0.264. The second kappa shape index (κ2) is 9.05. The zero-order chi connectivity index (χ0) is 25.4. The second-order valence-electron chi connectivity index (χ2n) is 9.00. The van der Waals surface area contributed by atoms with Crippen LogP contribution in [0, 0.1) is 0 Å². The van der Waals surface area contributed by atoms with Gasteiger partial charge in [-0.25, -0.2) is 9.98 Å². The summed E-state index contributed by atoms with van der Waals surface area (Å²) in [7, 11) is 3.60. The molecule has 7 nitrogen and oxygen atoms in total. The van der Waals surface area contributed by atoms with Crippen molar-refractivity contribution in [2.75, 3.05) is 27.2 Å². The minimum atomic E-state index is -1.46. The maximum atomic E-state index is 15.4. The van der Waals surface area contributed by atoms with Gasteiger partial charge in [0, 0.05) is 23.2 Å². The Bertz CT molecular complexity index is 1410. The molecule has 2 aliphatic heterocycles. The molecule has 180 valence electrons. The van der Waals surface area contributed by atoms with Gasteiger partial charge in [-0.2, -0.15) is 4.39 Å². The number of aliphatic imine (C=N–C) groups is 2. The molecule has 0 spiro atoms. The standard InChI is InChI=1S/C28H23FN4O3/c1-32(2)17-28(22-15-9-8-14-21(22)24(34)18-10-4-3-5-11-18)30-23(25(29)31-28)16-33-26(35)19-12-6-7-13-20(19)27(33)36/h3-15H,16-17H2,1-2H3. The average Bonchev–Trinajstić information content (AvgIpc) is 3.33. The molecule has 1 unspecified atom stereocenters. The Hall–Kier alpha value is -4.30. The number of carbonyl (C=O) groups excluding carboxylic acids is 3. The van der Waals surface area contributed by atoms with E-state index in [1.807, 2.05) is 6.07 Å². The van der Waals surface area contributed by atoms with Crippen LogP contribution in [-0.4, -0.2) is 66.3 Å². The molecule has 36 heavy (non-hydrogen) atoms. The van der Waals surface area contributed by atoms with Crippen molar-refractivity contribution in [2.45, 2.75) is 5.66 Å². The number of fused-ring (bicyclic) bond motifs is 1. The van der Waals surface area contributed by atoms with Gasteiger partial charge in [-0.15, -0.1) is 0 Å². The number of likely N-dealkylation sites (N-methyl/N-ethyl adjacent to an activating group) is 1. The molecule has 0 fully saturated rings. The van der Waals surface area contributed by atoms with Gasteiger partial charge >= 0.3 is 0 Å². The van der Waals surface area contributed by atoms with Crippen LogP contribution in [0.15, 0.2) is 88.8 Å². The van der Waals surface area contributed by atoms with Gasteiger partial charge < -0.3 is 4.90 Å². The number of hydrogen-bond acceptors (Lipinski definition) is 6. The van der Waals surface area contributed by atoms with E-state index in [1.165, 1.54) is 0 Å². The van der Waals surface area contributed by atoms with Crippen molar-refractivity contribution in [2.24, 2.45) is 9.98 Å². The third-order valence-electron chi connectivity index (χ3n) is 6.20. The summed E-state index contributed by atoms with van der Waals surface area (Å²) in [6.45, 7) is -0.184. The lowest BCUT2D eigenvalue weighted by Gasteiger charge is -2.28. The fourth-order valence-corrected chi connectivity index (χ4v) is 4.65. The summed E-state index contributed by atoms with van der Waals surface area (Å²) in [5.74, 6) is -2.11. The van der Waals surface area contributed by atoms with Crippen molar-refractivity contribution in [3.63, 3.8) is 0 Å². The van der Waals surface area contributed by atoms with Gasteiger partial charge in [-0.3, -0.25) is 19.3 Å². The van der Waals surface area contributed by atoms with Crippen molar-refractivity contribution >= 4 is 29.3 Å². The molecule has 0 N–H and O–H groups in total. The molecule has 3 aromatic carbocycles. The number of halogens is 1. The minimum absolute atomic E-state index is 0.117. The van der Waals surface area contributed by atoms with E-state index in [9.17, 15) is 14.4 Å². The van der Waals surface area contributed by atoms with Crippen molar-refractivity contribution in [1.29, 1.82) is 0 Å². The van der Waals surface area contributed by atoms with E-state index >= 15 is 4.39 Å². The topological polar surface area (TPSA) is 82.4 Å². The van der Waals surface area contributed by atoms with E-state index in [0.717, 1.165) is 4.90 Å². The molecule has 3 aromatic rings. The maximum absolute atomic E-state index is 15.4. The van der Waals surface area contributed by atoms with Crippen LogP contribution in [0.3, 0.4) is 0 Å². The van der Waals surface area contributed by atoms with Crippen LogP contribution < -0.4 is 0 Å². The summed E-state index contributed by atoms with van der Waals surface area (Å²) in [5, 5.41) is 0. The molecule has 0 saturated heterocycles. The Kier molecular flexibility index (Phi) is 5.89. The number of carbonyl (C=O) groups is 3. The second-order valence-corrected chi connectivity index (χ2v) is 9.00. The van der Waals surface area contributed by atoms with Crippen molar-refractivity contribution in [1.82, 2.24) is 9.80 Å². The lowest BCUT2D eigenvalue weighted by atomic mass is 9.90. The molecule has 5 rings (SSSR count). The minimum Gasteiger partial charge on any atom is -0.305 e. The maximum Gasteiger partial charge on any atom is 0.261 e. The first-order valence-electron chi connectivity index (χ1n) is 11.4. The van der Waals surface area contributed by atoms with E-state index in [-0.39, 0.29) is 35.7 Å². The summed E-state index contributed by atoms with van der Waals surface area (Å²) in [6.07, 6.45) is 0. The van der Waals surface area contributed by atoms with E-state index in [0.29, 0.717) is 16.7 Å². The number of imide groups is 1. The van der Waals surface area contributed by atoms with Gasteiger partial charge in [-0.1, -0.05) is 66.7 Å². The fourth-order valence-electron chi connectivity index (χ4n) is 4.65. The molecular formula is C28H23FN4O3. The van der Waals surface area contributed by atoms with Gasteiger partial charge in [-0.05, 0) is 26.2 Å². The van der Waals surface area contributed by atoms with Crippen LogP contribution in [0.4, 0.5) is 4.39 Å². The van der Waals surface area contributed by atoms with E-state index in [2.05, 4.69) is 9.98 Å². The summed E-state index contributed by atoms with van der Waals surface area (Å²) in [6, 6.07) is 22.2. The van der Waals surface area contributed by atoms with E-state index < -0.39 is 23.4 Å². The van der Waals surface area contributed by atoms with Crippen molar-refractivity contribution in [3.8, 4) is 0 Å². The third kappa shape index (κ3) is 3.95. The number of ketones is 1. The van der Waals surface area contributed by atoms with Gasteiger partial charge in [0.15, 0.2) is 11.4 Å². The van der Waals surface area contributed by atoms with Gasteiger partial charge in [0.05, 0.1) is 17.7 Å². The summed E-state index contributed by atoms with van der Waals surface area (Å²) < 4.78 is 15.4. The lowest BCUT2D eigenvalue weighted by Crippen LogP contribution is -2.37. The van der Waals surface area contributed by atoms with Gasteiger partial charge in [0.25, 0.3) is 11.8 Å². The number of benzene rings is 3.